The Morgan fingerprint density at radius 1 is 1.03 bits per heavy atom. The van der Waals surface area contributed by atoms with E-state index in [1.165, 1.54) is 46.8 Å². The number of rotatable bonds is 7. The van der Waals surface area contributed by atoms with Crippen LogP contribution in [0.1, 0.15) is 21.6 Å². The molecule has 1 aromatic heterocycles. The first-order valence-corrected chi connectivity index (χ1v) is 12.2. The number of hydrogen-bond donors (Lipinski definition) is 1. The number of thioether (sulfide) groups is 1. The van der Waals surface area contributed by atoms with Crippen LogP contribution in [0.3, 0.4) is 0 Å². The first-order valence-electron chi connectivity index (χ1n) is 10.0. The maximum atomic E-state index is 14.1. The number of carbonyl (C=O) groups is 1. The lowest BCUT2D eigenvalue weighted by Gasteiger charge is -2.11. The molecule has 0 spiro atoms. The fourth-order valence-electron chi connectivity index (χ4n) is 2.95. The summed E-state index contributed by atoms with van der Waals surface area (Å²) >= 11 is 8.77. The summed E-state index contributed by atoms with van der Waals surface area (Å²) in [4.78, 5) is 23.5. The van der Waals surface area contributed by atoms with Crippen LogP contribution in [-0.2, 0) is 5.75 Å². The Morgan fingerprint density at radius 3 is 2.52 bits per heavy atom. The maximum absolute atomic E-state index is 14.1. The fraction of sp³-hybridized carbons (Fsp3) is 0.0800. The first-order chi connectivity index (χ1) is 16.0. The average Bonchev–Trinajstić information content (AvgIpc) is 2.82. The standard InChI is InChI=1S/C25H19ClFN3OS2/c1-16-6-2-3-7-17(16)15-32-25-28-14-22(33-19-12-10-18(26)11-13-19)23(30-25)24(31)29-21-9-5-4-8-20(21)27/h2-14H,15H2,1H3,(H,29,31). The molecule has 4 rings (SSSR count). The van der Waals surface area contributed by atoms with E-state index >= 15 is 0 Å². The largest absolute Gasteiger partial charge is 0.318 e. The third-order valence-corrected chi connectivity index (χ3v) is 6.92. The number of carbonyl (C=O) groups excluding carboxylic acids is 1. The van der Waals surface area contributed by atoms with Crippen molar-refractivity contribution in [1.29, 1.82) is 0 Å². The van der Waals surface area contributed by atoms with Crippen LogP contribution in [0.2, 0.25) is 5.02 Å². The summed E-state index contributed by atoms with van der Waals surface area (Å²) in [5, 5.41) is 3.72. The second-order valence-corrected chi connectivity index (χ2v) is 9.56. The molecule has 1 heterocycles. The smallest absolute Gasteiger partial charge is 0.275 e. The van der Waals surface area contributed by atoms with Crippen LogP contribution in [0.5, 0.6) is 0 Å². The van der Waals surface area contributed by atoms with Gasteiger partial charge in [-0.05, 0) is 54.4 Å². The van der Waals surface area contributed by atoms with Gasteiger partial charge in [0.2, 0.25) is 0 Å². The zero-order valence-corrected chi connectivity index (χ0v) is 20.0. The second-order valence-electron chi connectivity index (χ2n) is 7.07. The predicted molar refractivity (Wildman–Crippen MR) is 133 cm³/mol. The molecule has 4 aromatic rings. The van der Waals surface area contributed by atoms with E-state index in [1.807, 2.05) is 24.3 Å². The van der Waals surface area contributed by atoms with Gasteiger partial charge in [0.15, 0.2) is 5.16 Å². The van der Waals surface area contributed by atoms with Crippen LogP contribution in [-0.4, -0.2) is 15.9 Å². The molecule has 0 radical (unpaired) electrons. The molecule has 0 saturated heterocycles. The Kier molecular flexibility index (Phi) is 7.65. The van der Waals surface area contributed by atoms with E-state index in [4.69, 9.17) is 11.6 Å². The fourth-order valence-corrected chi connectivity index (χ4v) is 4.83. The van der Waals surface area contributed by atoms with Crippen molar-refractivity contribution in [2.75, 3.05) is 5.32 Å². The topological polar surface area (TPSA) is 54.9 Å². The van der Waals surface area contributed by atoms with E-state index in [2.05, 4.69) is 34.3 Å². The van der Waals surface area contributed by atoms with Gasteiger partial charge in [0.05, 0.1) is 10.6 Å². The number of aromatic nitrogens is 2. The predicted octanol–water partition coefficient (Wildman–Crippen LogP) is 7.27. The van der Waals surface area contributed by atoms with E-state index in [0.717, 1.165) is 4.90 Å². The maximum Gasteiger partial charge on any atom is 0.275 e. The minimum Gasteiger partial charge on any atom is -0.318 e. The number of para-hydroxylation sites is 1. The zero-order valence-electron chi connectivity index (χ0n) is 17.6. The summed E-state index contributed by atoms with van der Waals surface area (Å²) in [5.74, 6) is -0.345. The van der Waals surface area contributed by atoms with Crippen molar-refractivity contribution in [2.45, 2.75) is 27.6 Å². The molecule has 0 aliphatic heterocycles. The molecule has 33 heavy (non-hydrogen) atoms. The van der Waals surface area contributed by atoms with Crippen LogP contribution >= 0.6 is 35.1 Å². The molecule has 0 atom stereocenters. The number of hydrogen-bond acceptors (Lipinski definition) is 5. The van der Waals surface area contributed by atoms with E-state index in [1.54, 1.807) is 30.5 Å². The third kappa shape index (κ3) is 6.13. The van der Waals surface area contributed by atoms with Crippen molar-refractivity contribution in [3.05, 3.63) is 107 Å². The lowest BCUT2D eigenvalue weighted by Crippen LogP contribution is -2.16. The summed E-state index contributed by atoms with van der Waals surface area (Å²) in [5.41, 5.74) is 2.62. The highest BCUT2D eigenvalue weighted by atomic mass is 35.5. The van der Waals surface area contributed by atoms with Gasteiger partial charge in [-0.3, -0.25) is 4.79 Å². The van der Waals surface area contributed by atoms with Crippen molar-refractivity contribution in [3.8, 4) is 0 Å². The molecule has 3 aromatic carbocycles. The number of anilines is 1. The molecule has 0 fully saturated rings. The van der Waals surface area contributed by atoms with Gasteiger partial charge in [-0.25, -0.2) is 14.4 Å². The van der Waals surface area contributed by atoms with Crippen LogP contribution in [0.25, 0.3) is 0 Å². The molecular weight excluding hydrogens is 477 g/mol. The summed E-state index contributed by atoms with van der Waals surface area (Å²) < 4.78 is 14.1. The third-order valence-electron chi connectivity index (χ3n) is 4.73. The van der Waals surface area contributed by atoms with E-state index in [9.17, 15) is 9.18 Å². The number of benzene rings is 3. The molecule has 8 heteroatoms. The second kappa shape index (κ2) is 10.8. The van der Waals surface area contributed by atoms with Gasteiger partial charge in [-0.2, -0.15) is 0 Å². The number of nitrogens with one attached hydrogen (secondary N) is 1. The molecule has 1 amide bonds. The van der Waals surface area contributed by atoms with Gasteiger partial charge in [0, 0.05) is 21.9 Å². The molecule has 0 saturated carbocycles. The van der Waals surface area contributed by atoms with Crippen molar-refractivity contribution in [2.24, 2.45) is 0 Å². The van der Waals surface area contributed by atoms with Gasteiger partial charge in [0.1, 0.15) is 11.5 Å². The quantitative estimate of drug-likeness (QED) is 0.216. The molecule has 0 bridgehead atoms. The summed E-state index contributed by atoms with van der Waals surface area (Å²) in [6, 6.07) is 21.4. The summed E-state index contributed by atoms with van der Waals surface area (Å²) in [7, 11) is 0. The van der Waals surface area contributed by atoms with Gasteiger partial charge >= 0.3 is 0 Å². The lowest BCUT2D eigenvalue weighted by atomic mass is 10.1. The summed E-state index contributed by atoms with van der Waals surface area (Å²) in [6.07, 6.45) is 1.63. The highest BCUT2D eigenvalue weighted by Crippen LogP contribution is 2.32. The van der Waals surface area contributed by atoms with Crippen LogP contribution in [0, 0.1) is 12.7 Å². The number of nitrogens with zero attached hydrogens (tertiary/aromatic N) is 2. The van der Waals surface area contributed by atoms with Crippen molar-refractivity contribution >= 4 is 46.7 Å². The Hall–Kier alpha value is -2.87. The van der Waals surface area contributed by atoms with Crippen LogP contribution in [0.4, 0.5) is 10.1 Å². The highest BCUT2D eigenvalue weighted by molar-refractivity contribution is 7.99. The monoisotopic (exact) mass is 495 g/mol. The van der Waals surface area contributed by atoms with E-state index < -0.39 is 11.7 Å². The number of amides is 1. The molecule has 0 aliphatic rings. The van der Waals surface area contributed by atoms with Crippen LogP contribution in [0.15, 0.2) is 93.9 Å². The first kappa shape index (κ1) is 23.3. The zero-order chi connectivity index (χ0) is 23.2. The van der Waals surface area contributed by atoms with E-state index in [0.29, 0.717) is 20.8 Å². The highest BCUT2D eigenvalue weighted by Gasteiger charge is 2.18. The minimum absolute atomic E-state index is 0.0951. The summed E-state index contributed by atoms with van der Waals surface area (Å²) in [6.45, 7) is 2.05. The number of halogens is 2. The van der Waals surface area contributed by atoms with E-state index in [-0.39, 0.29) is 11.4 Å². The van der Waals surface area contributed by atoms with Gasteiger partial charge in [-0.15, -0.1) is 0 Å². The Labute approximate surface area is 205 Å². The number of aryl methyl sites for hydroxylation is 1. The Morgan fingerprint density at radius 2 is 1.76 bits per heavy atom. The van der Waals surface area contributed by atoms with Crippen LogP contribution < -0.4 is 5.32 Å². The molecule has 1 N–H and O–H groups in total. The lowest BCUT2D eigenvalue weighted by molar-refractivity contribution is 0.101. The van der Waals surface area contributed by atoms with Crippen molar-refractivity contribution in [1.82, 2.24) is 9.97 Å². The van der Waals surface area contributed by atoms with Crippen molar-refractivity contribution in [3.63, 3.8) is 0 Å². The Bertz CT molecular complexity index is 1280. The molecule has 0 unspecified atom stereocenters. The SMILES string of the molecule is Cc1ccccc1CSc1ncc(Sc2ccc(Cl)cc2)c(C(=O)Nc2ccccc2F)n1. The van der Waals surface area contributed by atoms with Gasteiger partial charge in [-0.1, -0.05) is 71.5 Å². The molecular formula is C25H19ClFN3OS2. The normalized spacial score (nSPS) is 10.8. The molecule has 0 aliphatic carbocycles. The van der Waals surface area contributed by atoms with Gasteiger partial charge < -0.3 is 5.32 Å². The molecule has 4 nitrogen and oxygen atoms in total. The van der Waals surface area contributed by atoms with Crippen molar-refractivity contribution < 1.29 is 9.18 Å². The minimum atomic E-state index is -0.513. The molecule has 166 valence electrons. The Balaban J connectivity index is 1.62. The average molecular weight is 496 g/mol. The van der Waals surface area contributed by atoms with Gasteiger partial charge in [0.25, 0.3) is 5.91 Å².